The van der Waals surface area contributed by atoms with Gasteiger partial charge < -0.3 is 13.9 Å². The molecule has 0 atom stereocenters. The van der Waals surface area contributed by atoms with Crippen molar-refractivity contribution < 1.29 is 23.5 Å². The second-order valence-corrected chi connectivity index (χ2v) is 8.12. The summed E-state index contributed by atoms with van der Waals surface area (Å²) in [6.07, 6.45) is 0. The molecule has 0 radical (unpaired) electrons. The van der Waals surface area contributed by atoms with E-state index < -0.39 is 11.6 Å². The fourth-order valence-corrected chi connectivity index (χ4v) is 3.38. The first-order valence-electron chi connectivity index (χ1n) is 7.63. The maximum atomic E-state index is 12.1. The van der Waals surface area contributed by atoms with Crippen LogP contribution in [0.2, 0.25) is 10.0 Å². The summed E-state index contributed by atoms with van der Waals surface area (Å²) >= 11 is 13.8. The number of ether oxygens (including phenoxy) is 2. The largest absolute Gasteiger partial charge is 0.468 e. The predicted molar refractivity (Wildman–Crippen MR) is 102 cm³/mol. The molecule has 0 aliphatic rings. The van der Waals surface area contributed by atoms with E-state index in [4.69, 9.17) is 32.4 Å². The first-order valence-corrected chi connectivity index (χ1v) is 9.37. The Morgan fingerprint density at radius 2 is 1.85 bits per heavy atom. The number of benzene rings is 1. The van der Waals surface area contributed by atoms with Gasteiger partial charge in [0, 0.05) is 10.5 Å². The minimum atomic E-state index is -0.622. The van der Waals surface area contributed by atoms with Crippen molar-refractivity contribution in [2.45, 2.75) is 31.3 Å². The van der Waals surface area contributed by atoms with E-state index in [-0.39, 0.29) is 17.5 Å². The highest BCUT2D eigenvalue weighted by atomic mass is 35.5. The number of thioether (sulfide) groups is 1. The molecule has 1 heterocycles. The zero-order valence-electron chi connectivity index (χ0n) is 14.7. The van der Waals surface area contributed by atoms with E-state index in [0.29, 0.717) is 26.3 Å². The average molecular weight is 417 g/mol. The van der Waals surface area contributed by atoms with Crippen molar-refractivity contribution in [2.24, 2.45) is 0 Å². The van der Waals surface area contributed by atoms with Gasteiger partial charge in [0.15, 0.2) is 0 Å². The van der Waals surface area contributed by atoms with Crippen molar-refractivity contribution in [3.63, 3.8) is 0 Å². The molecule has 0 bridgehead atoms. The fraction of sp³-hybridized carbons (Fsp3) is 0.333. The van der Waals surface area contributed by atoms with Crippen molar-refractivity contribution in [3.05, 3.63) is 40.1 Å². The number of hydrogen-bond donors (Lipinski definition) is 0. The molecule has 0 saturated carbocycles. The summed E-state index contributed by atoms with van der Waals surface area (Å²) in [5.41, 5.74) is -0.0855. The van der Waals surface area contributed by atoms with E-state index in [1.165, 1.54) is 24.9 Å². The maximum Gasteiger partial charge on any atom is 0.374 e. The van der Waals surface area contributed by atoms with Crippen molar-refractivity contribution >= 4 is 46.9 Å². The minimum absolute atomic E-state index is 0.0752. The summed E-state index contributed by atoms with van der Waals surface area (Å²) in [5.74, 6) is -0.334. The Labute approximate surface area is 165 Å². The third kappa shape index (κ3) is 5.43. The molecule has 8 heteroatoms. The summed E-state index contributed by atoms with van der Waals surface area (Å²) in [5, 5.41) is 0.792. The van der Waals surface area contributed by atoms with Crippen LogP contribution in [-0.4, -0.2) is 30.4 Å². The standard InChI is InChI=1S/C18H18Cl2O5S/c1-18(2,3)25-17(22)14-6-5-13(24-14)10-7-12(20)15(8-11(10)19)26-9-16(21)23-4/h5-8H,9H2,1-4H3. The number of esters is 2. The van der Waals surface area contributed by atoms with Gasteiger partial charge in [-0.2, -0.15) is 0 Å². The second kappa shape index (κ2) is 8.37. The molecular formula is C18H18Cl2O5S. The number of hydrogen-bond acceptors (Lipinski definition) is 6. The Hall–Kier alpha value is -1.63. The van der Waals surface area contributed by atoms with Crippen LogP contribution in [0.15, 0.2) is 33.6 Å². The monoisotopic (exact) mass is 416 g/mol. The van der Waals surface area contributed by atoms with Crippen molar-refractivity contribution in [3.8, 4) is 11.3 Å². The van der Waals surface area contributed by atoms with E-state index in [1.807, 2.05) is 0 Å². The van der Waals surface area contributed by atoms with Gasteiger partial charge in [-0.25, -0.2) is 4.79 Å². The quantitative estimate of drug-likeness (QED) is 0.475. The zero-order valence-corrected chi connectivity index (χ0v) is 17.1. The SMILES string of the molecule is COC(=O)CSc1cc(Cl)c(-c2ccc(C(=O)OC(C)(C)C)o2)cc1Cl. The highest BCUT2D eigenvalue weighted by molar-refractivity contribution is 8.00. The summed E-state index contributed by atoms with van der Waals surface area (Å²) < 4.78 is 15.4. The minimum Gasteiger partial charge on any atom is -0.468 e. The first-order chi connectivity index (χ1) is 12.1. The van der Waals surface area contributed by atoms with Crippen molar-refractivity contribution in [1.29, 1.82) is 0 Å². The van der Waals surface area contributed by atoms with Crippen LogP contribution in [0, 0.1) is 0 Å². The van der Waals surface area contributed by atoms with E-state index in [2.05, 4.69) is 4.74 Å². The Morgan fingerprint density at radius 3 is 2.46 bits per heavy atom. The molecule has 5 nitrogen and oxygen atoms in total. The Bertz CT molecular complexity index is 823. The topological polar surface area (TPSA) is 65.7 Å². The van der Waals surface area contributed by atoms with Crippen LogP contribution in [0.3, 0.4) is 0 Å². The van der Waals surface area contributed by atoms with Crippen LogP contribution in [0.4, 0.5) is 0 Å². The highest BCUT2D eigenvalue weighted by Crippen LogP contribution is 2.38. The van der Waals surface area contributed by atoms with Crippen LogP contribution < -0.4 is 0 Å². The zero-order chi connectivity index (χ0) is 19.5. The number of halogens is 2. The molecule has 140 valence electrons. The summed E-state index contributed by atoms with van der Waals surface area (Å²) in [7, 11) is 1.32. The van der Waals surface area contributed by atoms with Gasteiger partial charge in [-0.1, -0.05) is 23.2 Å². The van der Waals surface area contributed by atoms with Crippen LogP contribution in [0.1, 0.15) is 31.3 Å². The van der Waals surface area contributed by atoms with Gasteiger partial charge in [-0.05, 0) is 45.0 Å². The molecule has 0 saturated heterocycles. The maximum absolute atomic E-state index is 12.1. The Kier molecular flexibility index (Phi) is 6.66. The van der Waals surface area contributed by atoms with Crippen LogP contribution in [-0.2, 0) is 14.3 Å². The first kappa shape index (κ1) is 20.7. The van der Waals surface area contributed by atoms with Crippen LogP contribution >= 0.6 is 35.0 Å². The normalized spacial score (nSPS) is 11.3. The van der Waals surface area contributed by atoms with Gasteiger partial charge in [0.05, 0.1) is 22.9 Å². The Balaban J connectivity index is 2.23. The van der Waals surface area contributed by atoms with E-state index in [1.54, 1.807) is 39.0 Å². The highest BCUT2D eigenvalue weighted by Gasteiger charge is 2.22. The van der Waals surface area contributed by atoms with Gasteiger partial charge in [0.1, 0.15) is 11.4 Å². The van der Waals surface area contributed by atoms with E-state index in [9.17, 15) is 9.59 Å². The molecule has 2 aromatic rings. The lowest BCUT2D eigenvalue weighted by molar-refractivity contribution is -0.137. The summed E-state index contributed by atoms with van der Waals surface area (Å²) in [6, 6.07) is 6.41. The third-order valence-corrected chi connectivity index (χ3v) is 4.83. The van der Waals surface area contributed by atoms with Crippen molar-refractivity contribution in [1.82, 2.24) is 0 Å². The third-order valence-electron chi connectivity index (χ3n) is 3.07. The Morgan fingerprint density at radius 1 is 1.15 bits per heavy atom. The molecule has 0 spiro atoms. The molecule has 0 fully saturated rings. The molecule has 0 aliphatic heterocycles. The van der Waals surface area contributed by atoms with E-state index in [0.717, 1.165) is 0 Å². The molecule has 0 unspecified atom stereocenters. The van der Waals surface area contributed by atoms with Gasteiger partial charge in [-0.15, -0.1) is 11.8 Å². The predicted octanol–water partition coefficient (Wildman–Crippen LogP) is 5.47. The number of carbonyl (C=O) groups is 2. The number of furan rings is 1. The molecule has 0 aliphatic carbocycles. The molecule has 2 rings (SSSR count). The van der Waals surface area contributed by atoms with Gasteiger partial charge in [0.25, 0.3) is 0 Å². The smallest absolute Gasteiger partial charge is 0.374 e. The number of methoxy groups -OCH3 is 1. The fourth-order valence-electron chi connectivity index (χ4n) is 1.94. The van der Waals surface area contributed by atoms with Crippen LogP contribution in [0.5, 0.6) is 0 Å². The van der Waals surface area contributed by atoms with Gasteiger partial charge in [-0.3, -0.25) is 4.79 Å². The lowest BCUT2D eigenvalue weighted by Gasteiger charge is -2.18. The van der Waals surface area contributed by atoms with Gasteiger partial charge >= 0.3 is 11.9 Å². The lowest BCUT2D eigenvalue weighted by atomic mass is 10.2. The molecular weight excluding hydrogens is 399 g/mol. The molecule has 26 heavy (non-hydrogen) atoms. The number of carbonyl (C=O) groups excluding carboxylic acids is 2. The summed E-state index contributed by atoms with van der Waals surface area (Å²) in [4.78, 5) is 24.0. The second-order valence-electron chi connectivity index (χ2n) is 6.29. The van der Waals surface area contributed by atoms with E-state index >= 15 is 0 Å². The molecule has 1 aromatic carbocycles. The number of rotatable bonds is 5. The molecule has 0 amide bonds. The summed E-state index contributed by atoms with van der Waals surface area (Å²) in [6.45, 7) is 5.32. The van der Waals surface area contributed by atoms with Gasteiger partial charge in [0.2, 0.25) is 5.76 Å². The van der Waals surface area contributed by atoms with Crippen molar-refractivity contribution in [2.75, 3.05) is 12.9 Å². The van der Waals surface area contributed by atoms with Crippen LogP contribution in [0.25, 0.3) is 11.3 Å². The molecule has 0 N–H and O–H groups in total. The molecule has 1 aromatic heterocycles. The lowest BCUT2D eigenvalue weighted by Crippen LogP contribution is -2.23. The average Bonchev–Trinajstić information content (AvgIpc) is 3.03.